The van der Waals surface area contributed by atoms with Crippen LogP contribution in [0.25, 0.3) is 0 Å². The molecule has 76 heavy (non-hydrogen) atoms. The number of nitrogens with zero attached hydrogens (tertiary/aromatic N) is 16. The van der Waals surface area contributed by atoms with Crippen LogP contribution in [-0.4, -0.2) is 242 Å². The highest BCUT2D eigenvalue weighted by Crippen LogP contribution is 2.11. The fraction of sp³-hybridized carbons (Fsp3) is 0.500. The van der Waals surface area contributed by atoms with E-state index in [1.165, 1.54) is 0 Å². The van der Waals surface area contributed by atoms with Crippen molar-refractivity contribution in [2.75, 3.05) is 163 Å². The van der Waals surface area contributed by atoms with Gasteiger partial charge in [-0.15, -0.1) is 0 Å². The molecule has 16 nitrogen and oxygen atoms in total. The molecule has 0 aliphatic heterocycles. The minimum Gasteiger partial charge on any atom is -0.308 e. The molecule has 0 saturated carbocycles. The number of rotatable bonds is 30. The summed E-state index contributed by atoms with van der Waals surface area (Å²) in [6.07, 6.45) is 11.0. The van der Waals surface area contributed by atoms with Crippen LogP contribution in [0.15, 0.2) is 146 Å². The van der Waals surface area contributed by atoms with Crippen LogP contribution in [0, 0.1) is 0 Å². The minimum absolute atomic E-state index is 0.772. The fourth-order valence-corrected chi connectivity index (χ4v) is 7.36. The van der Waals surface area contributed by atoms with Gasteiger partial charge >= 0.3 is 0 Å². The number of aromatic nitrogens is 6. The van der Waals surface area contributed by atoms with Crippen molar-refractivity contribution in [1.82, 2.24) is 78.9 Å². The lowest BCUT2D eigenvalue weighted by Gasteiger charge is -2.26. The van der Waals surface area contributed by atoms with Crippen LogP contribution in [0.2, 0.25) is 0 Å². The molecule has 0 spiro atoms. The van der Waals surface area contributed by atoms with Crippen molar-refractivity contribution in [3.63, 3.8) is 0 Å². The first-order valence-electron chi connectivity index (χ1n) is 26.8. The van der Waals surface area contributed by atoms with E-state index in [-0.39, 0.29) is 0 Å². The molecule has 0 unspecified atom stereocenters. The number of likely N-dealkylation sites (N-methyl/N-ethyl adjacent to an activating group) is 6. The van der Waals surface area contributed by atoms with Gasteiger partial charge in [0.05, 0.1) is 34.2 Å². The Bertz CT molecular complexity index is 2040. The second kappa shape index (κ2) is 39.8. The monoisotopic (exact) mass is 1040 g/mol. The van der Waals surface area contributed by atoms with E-state index < -0.39 is 0 Å². The molecule has 6 aromatic heterocycles. The Morgan fingerprint density at radius 2 is 0.395 bits per heavy atom. The van der Waals surface area contributed by atoms with Crippen LogP contribution in [0.4, 0.5) is 0 Å². The summed E-state index contributed by atoms with van der Waals surface area (Å²) in [6, 6.07) is 36.2. The molecular weight excluding hydrogens is 945 g/mol. The molecule has 0 bridgehead atoms. The van der Waals surface area contributed by atoms with Crippen molar-refractivity contribution in [1.29, 1.82) is 0 Å². The second-order valence-electron chi connectivity index (χ2n) is 20.7. The van der Waals surface area contributed by atoms with Crippen molar-refractivity contribution in [3.8, 4) is 0 Å². The first kappa shape index (κ1) is 64.8. The van der Waals surface area contributed by atoms with Crippen LogP contribution in [0.1, 0.15) is 34.2 Å². The zero-order valence-electron chi connectivity index (χ0n) is 48.7. The summed E-state index contributed by atoms with van der Waals surface area (Å²) in [7, 11) is 25.5. The fourth-order valence-electron chi connectivity index (χ4n) is 7.36. The predicted molar refractivity (Wildman–Crippen MR) is 316 cm³/mol. The molecule has 6 aromatic rings. The average Bonchev–Trinajstić information content (AvgIpc) is 3.40. The highest BCUT2D eigenvalue weighted by atomic mass is 15.2. The van der Waals surface area contributed by atoms with Crippen LogP contribution in [0.5, 0.6) is 0 Å². The van der Waals surface area contributed by atoms with Gasteiger partial charge in [-0.2, -0.15) is 0 Å². The molecule has 6 rings (SSSR count). The van der Waals surface area contributed by atoms with E-state index in [0.29, 0.717) is 0 Å². The van der Waals surface area contributed by atoms with Gasteiger partial charge in [-0.1, -0.05) is 36.4 Å². The molecule has 0 saturated heterocycles. The lowest BCUT2D eigenvalue weighted by atomic mass is 10.2. The molecule has 6 heterocycles. The van der Waals surface area contributed by atoms with E-state index in [1.54, 1.807) is 0 Å². The van der Waals surface area contributed by atoms with Gasteiger partial charge in [0, 0.05) is 155 Å². The van der Waals surface area contributed by atoms with Gasteiger partial charge in [0.25, 0.3) is 0 Å². The van der Waals surface area contributed by atoms with E-state index in [2.05, 4.69) is 188 Å². The number of pyridine rings is 6. The third-order valence-electron chi connectivity index (χ3n) is 11.9. The molecule has 0 atom stereocenters. The van der Waals surface area contributed by atoms with Gasteiger partial charge in [0.2, 0.25) is 0 Å². The molecule has 0 aliphatic rings. The van der Waals surface area contributed by atoms with Crippen LogP contribution < -0.4 is 0 Å². The summed E-state index contributed by atoms with van der Waals surface area (Å²) in [5.41, 5.74) is 6.50. The standard InChI is InChI=1S/C18H18N4.C16H22N4.C14H26N4.C12H30N4/c1-4-10-19-16(7-1)13-22(14-17-8-2-5-11-20-17)15-18-9-3-6-12-21-18;1-19(2)11-12-20(13-15-7-3-5-9-17-15)14-16-8-4-6-10-18-16;1-16(2)9-11-18(12-10-17(3)4)13-14-7-5-6-8-15-14;1-13(2)7-10-16(11-8-14(3)4)12-9-15(5)6/h1-12H,13-15H2;3-10H,11-14H2,1-2H3;5-8H,9-13H2,1-4H3;7-12H2,1-6H3. The molecule has 0 amide bonds. The summed E-state index contributed by atoms with van der Waals surface area (Å²) in [6.45, 7) is 18.2. The van der Waals surface area contributed by atoms with Crippen molar-refractivity contribution in [3.05, 3.63) is 181 Å². The molecule has 16 heteroatoms. The molecule has 0 N–H and O–H groups in total. The van der Waals surface area contributed by atoms with Gasteiger partial charge in [0.1, 0.15) is 0 Å². The summed E-state index contributed by atoms with van der Waals surface area (Å²) >= 11 is 0. The van der Waals surface area contributed by atoms with Crippen LogP contribution in [-0.2, 0) is 39.3 Å². The molecule has 0 radical (unpaired) electrons. The van der Waals surface area contributed by atoms with Gasteiger partial charge in [-0.05, 0) is 157 Å². The quantitative estimate of drug-likeness (QED) is 0.0519. The van der Waals surface area contributed by atoms with Gasteiger partial charge in [-0.25, -0.2) is 0 Å². The number of hydrogen-bond donors (Lipinski definition) is 0. The summed E-state index contributed by atoms with van der Waals surface area (Å²) < 4.78 is 0. The Morgan fingerprint density at radius 1 is 0.211 bits per heavy atom. The minimum atomic E-state index is 0.772. The maximum atomic E-state index is 4.42. The molecule has 416 valence electrons. The Hall–Kier alpha value is -5.50. The zero-order chi connectivity index (χ0) is 55.2. The van der Waals surface area contributed by atoms with E-state index in [9.17, 15) is 0 Å². The van der Waals surface area contributed by atoms with E-state index >= 15 is 0 Å². The van der Waals surface area contributed by atoms with Crippen molar-refractivity contribution in [2.24, 2.45) is 0 Å². The number of hydrogen-bond acceptors (Lipinski definition) is 16. The summed E-state index contributed by atoms with van der Waals surface area (Å²) in [5.74, 6) is 0. The molecule has 0 aromatic carbocycles. The van der Waals surface area contributed by atoms with Gasteiger partial charge in [-0.3, -0.25) is 49.5 Å². The smallest absolute Gasteiger partial charge is 0.0544 e. The molecule has 0 aliphatic carbocycles. The Balaban J connectivity index is 0.000000269. The summed E-state index contributed by atoms with van der Waals surface area (Å²) in [4.78, 5) is 49.6. The first-order chi connectivity index (χ1) is 36.6. The highest BCUT2D eigenvalue weighted by molar-refractivity contribution is 5.10. The van der Waals surface area contributed by atoms with E-state index in [4.69, 9.17) is 0 Å². The van der Waals surface area contributed by atoms with E-state index in [1.807, 2.05) is 122 Å². The molecule has 0 fully saturated rings. The van der Waals surface area contributed by atoms with Crippen molar-refractivity contribution in [2.45, 2.75) is 39.3 Å². The summed E-state index contributed by atoms with van der Waals surface area (Å²) in [5, 5.41) is 0. The van der Waals surface area contributed by atoms with Crippen LogP contribution in [0.3, 0.4) is 0 Å². The highest BCUT2D eigenvalue weighted by Gasteiger charge is 2.12. The maximum Gasteiger partial charge on any atom is 0.0544 e. The third kappa shape index (κ3) is 33.5. The topological polar surface area (TPSA) is 110 Å². The third-order valence-corrected chi connectivity index (χ3v) is 11.9. The first-order valence-corrected chi connectivity index (χ1v) is 26.8. The Labute approximate surface area is 460 Å². The van der Waals surface area contributed by atoms with E-state index in [0.717, 1.165) is 152 Å². The second-order valence-corrected chi connectivity index (χ2v) is 20.7. The Morgan fingerprint density at radius 3 is 0.592 bits per heavy atom. The van der Waals surface area contributed by atoms with Crippen molar-refractivity contribution >= 4 is 0 Å². The lowest BCUT2D eigenvalue weighted by molar-refractivity contribution is 0.201. The van der Waals surface area contributed by atoms with Gasteiger partial charge in [0.15, 0.2) is 0 Å². The lowest BCUT2D eigenvalue weighted by Crippen LogP contribution is -2.40. The molecular formula is C60H96N16. The predicted octanol–water partition coefficient (Wildman–Crippen LogP) is 6.09. The largest absolute Gasteiger partial charge is 0.308 e. The van der Waals surface area contributed by atoms with Gasteiger partial charge < -0.3 is 29.4 Å². The van der Waals surface area contributed by atoms with Crippen molar-refractivity contribution < 1.29 is 0 Å². The normalized spacial score (nSPS) is 11.4. The SMILES string of the molecule is CN(C)CCN(CCN(C)C)CCN(C)C.CN(C)CCN(CCN(C)C)Cc1ccccn1.CN(C)CCN(Cc1ccccn1)Cc1ccccn1.c1ccc(CN(Cc2ccccn2)Cc2ccccn2)nc1. The van der Waals surface area contributed by atoms with Crippen LogP contribution >= 0.6 is 0 Å². The Kier molecular flexibility index (Phi) is 33.9. The maximum absolute atomic E-state index is 4.42. The zero-order valence-corrected chi connectivity index (χ0v) is 48.7. The average molecular weight is 1040 g/mol.